The maximum absolute atomic E-state index is 11.1. The lowest BCUT2D eigenvalue weighted by molar-refractivity contribution is -0.492. The van der Waals surface area contributed by atoms with Crippen LogP contribution in [0.3, 0.4) is 0 Å². The Morgan fingerprint density at radius 1 is 1.60 bits per heavy atom. The van der Waals surface area contributed by atoms with Crippen LogP contribution in [0.5, 0.6) is 0 Å². The van der Waals surface area contributed by atoms with Crippen LogP contribution in [0.15, 0.2) is 0 Å². The maximum Gasteiger partial charge on any atom is 0.215 e. The molecule has 1 heterocycles. The van der Waals surface area contributed by atoms with Crippen molar-refractivity contribution in [1.29, 1.82) is 0 Å². The minimum Gasteiger partial charge on any atom is -0.623 e. The Bertz CT molecular complexity index is 184. The fourth-order valence-electron chi connectivity index (χ4n) is 1.25. The second kappa shape index (κ2) is 1.95. The highest BCUT2D eigenvalue weighted by molar-refractivity contribution is 5.87. The van der Waals surface area contributed by atoms with E-state index in [0.717, 1.165) is 10.5 Å². The largest absolute Gasteiger partial charge is 0.623 e. The molecular weight excluding hydrogens is 128 g/mol. The van der Waals surface area contributed by atoms with Crippen LogP contribution in [0.1, 0.15) is 27.7 Å². The van der Waals surface area contributed by atoms with E-state index in [2.05, 4.69) is 5.32 Å². The van der Waals surface area contributed by atoms with Crippen molar-refractivity contribution in [3.8, 4) is 0 Å². The molecule has 0 saturated carbocycles. The minimum absolute atomic E-state index is 0.0741. The van der Waals surface area contributed by atoms with Gasteiger partial charge in [-0.25, -0.2) is 5.32 Å². The maximum atomic E-state index is 11.1. The lowest BCUT2D eigenvalue weighted by Gasteiger charge is -2.13. The molecule has 1 N–H and O–H groups in total. The fourth-order valence-corrected chi connectivity index (χ4v) is 1.25. The van der Waals surface area contributed by atoms with E-state index >= 15 is 0 Å². The van der Waals surface area contributed by atoms with E-state index in [9.17, 15) is 5.21 Å². The number of hydroxylamine groups is 1. The van der Waals surface area contributed by atoms with Gasteiger partial charge in [-0.15, -0.1) is 0 Å². The summed E-state index contributed by atoms with van der Waals surface area (Å²) < 4.78 is 1.03. The van der Waals surface area contributed by atoms with Gasteiger partial charge in [-0.3, -0.25) is 0 Å². The first-order valence-electron chi connectivity index (χ1n) is 3.53. The summed E-state index contributed by atoms with van der Waals surface area (Å²) in [6, 6.07) is 0. The van der Waals surface area contributed by atoms with E-state index in [0.29, 0.717) is 0 Å². The molecule has 1 rings (SSSR count). The van der Waals surface area contributed by atoms with Crippen molar-refractivity contribution >= 4 is 5.71 Å². The molecule has 1 atom stereocenters. The van der Waals surface area contributed by atoms with E-state index in [1.807, 2.05) is 27.7 Å². The molecule has 1 unspecified atom stereocenters. The normalized spacial score (nSPS) is 31.4. The number of hydrogen-bond donors (Lipinski definition) is 1. The molecule has 3 heteroatoms. The molecule has 0 spiro atoms. The standard InChI is InChI=1S/C7H14N2O/c1-5-7(3,4)8-6(2)9(5)10/h6,8H,1-4H3. The van der Waals surface area contributed by atoms with Gasteiger partial charge in [0.25, 0.3) is 0 Å². The van der Waals surface area contributed by atoms with E-state index in [-0.39, 0.29) is 11.7 Å². The highest BCUT2D eigenvalue weighted by Gasteiger charge is 2.38. The molecule has 1 aliphatic heterocycles. The lowest BCUT2D eigenvalue weighted by atomic mass is 10.0. The second-order valence-electron chi connectivity index (χ2n) is 3.36. The Balaban J connectivity index is 2.95. The first-order valence-corrected chi connectivity index (χ1v) is 3.53. The van der Waals surface area contributed by atoms with Gasteiger partial charge in [0.2, 0.25) is 6.17 Å². The molecule has 0 aromatic rings. The summed E-state index contributed by atoms with van der Waals surface area (Å²) in [5, 5.41) is 14.3. The van der Waals surface area contributed by atoms with Gasteiger partial charge in [-0.2, -0.15) is 4.74 Å². The summed E-state index contributed by atoms with van der Waals surface area (Å²) in [6.45, 7) is 7.75. The average molecular weight is 142 g/mol. The summed E-state index contributed by atoms with van der Waals surface area (Å²) >= 11 is 0. The smallest absolute Gasteiger partial charge is 0.215 e. The van der Waals surface area contributed by atoms with Crippen LogP contribution in [-0.4, -0.2) is 22.2 Å². The van der Waals surface area contributed by atoms with E-state index in [4.69, 9.17) is 0 Å². The van der Waals surface area contributed by atoms with Crippen LogP contribution in [0.2, 0.25) is 0 Å². The molecule has 0 bridgehead atoms. The van der Waals surface area contributed by atoms with Crippen LogP contribution in [0, 0.1) is 5.21 Å². The first kappa shape index (κ1) is 7.54. The third kappa shape index (κ3) is 0.904. The molecule has 0 aromatic heterocycles. The molecule has 0 amide bonds. The molecule has 0 aromatic carbocycles. The van der Waals surface area contributed by atoms with Gasteiger partial charge in [0.05, 0.1) is 5.54 Å². The molecule has 10 heavy (non-hydrogen) atoms. The van der Waals surface area contributed by atoms with Crippen molar-refractivity contribution in [2.75, 3.05) is 0 Å². The van der Waals surface area contributed by atoms with Gasteiger partial charge >= 0.3 is 0 Å². The average Bonchev–Trinajstić information content (AvgIpc) is 1.95. The second-order valence-corrected chi connectivity index (χ2v) is 3.36. The zero-order valence-corrected chi connectivity index (χ0v) is 6.93. The Kier molecular flexibility index (Phi) is 1.47. The van der Waals surface area contributed by atoms with Crippen molar-refractivity contribution in [2.24, 2.45) is 0 Å². The van der Waals surface area contributed by atoms with Gasteiger partial charge < -0.3 is 5.21 Å². The van der Waals surface area contributed by atoms with Crippen LogP contribution in [-0.2, 0) is 0 Å². The molecule has 0 saturated heterocycles. The summed E-state index contributed by atoms with van der Waals surface area (Å²) in [5.74, 6) is 0. The predicted octanol–water partition coefficient (Wildman–Crippen LogP) is 0.685. The number of rotatable bonds is 0. The van der Waals surface area contributed by atoms with Gasteiger partial charge in [-0.05, 0) is 13.8 Å². The molecule has 3 nitrogen and oxygen atoms in total. The van der Waals surface area contributed by atoms with Gasteiger partial charge in [-0.1, -0.05) is 0 Å². The third-order valence-corrected chi connectivity index (χ3v) is 2.16. The minimum atomic E-state index is -0.124. The summed E-state index contributed by atoms with van der Waals surface area (Å²) in [4.78, 5) is 0. The Morgan fingerprint density at radius 3 is 2.20 bits per heavy atom. The van der Waals surface area contributed by atoms with Crippen molar-refractivity contribution in [3.63, 3.8) is 0 Å². The van der Waals surface area contributed by atoms with Crippen molar-refractivity contribution in [1.82, 2.24) is 5.32 Å². The monoisotopic (exact) mass is 142 g/mol. The summed E-state index contributed by atoms with van der Waals surface area (Å²) in [6.07, 6.45) is -0.0741. The van der Waals surface area contributed by atoms with Crippen molar-refractivity contribution in [2.45, 2.75) is 39.4 Å². The molecule has 0 fully saturated rings. The fraction of sp³-hybridized carbons (Fsp3) is 0.857. The van der Waals surface area contributed by atoms with E-state index in [1.165, 1.54) is 0 Å². The third-order valence-electron chi connectivity index (χ3n) is 2.16. The van der Waals surface area contributed by atoms with Crippen LogP contribution < -0.4 is 5.32 Å². The topological polar surface area (TPSA) is 38.1 Å². The predicted molar refractivity (Wildman–Crippen MR) is 41.0 cm³/mol. The first-order chi connectivity index (χ1) is 4.45. The Labute approximate surface area is 61.3 Å². The lowest BCUT2D eigenvalue weighted by Crippen LogP contribution is -2.42. The van der Waals surface area contributed by atoms with Crippen LogP contribution in [0.25, 0.3) is 0 Å². The van der Waals surface area contributed by atoms with Gasteiger partial charge in [0, 0.05) is 13.8 Å². The molecule has 1 aliphatic rings. The van der Waals surface area contributed by atoms with E-state index < -0.39 is 0 Å². The summed E-state index contributed by atoms with van der Waals surface area (Å²) in [5.41, 5.74) is 0.737. The highest BCUT2D eigenvalue weighted by atomic mass is 16.5. The zero-order chi connectivity index (χ0) is 7.94. The van der Waals surface area contributed by atoms with E-state index in [1.54, 1.807) is 0 Å². The highest BCUT2D eigenvalue weighted by Crippen LogP contribution is 2.13. The molecule has 0 radical (unpaired) electrons. The summed E-state index contributed by atoms with van der Waals surface area (Å²) in [7, 11) is 0. The van der Waals surface area contributed by atoms with Crippen molar-refractivity contribution in [3.05, 3.63) is 5.21 Å². The van der Waals surface area contributed by atoms with Crippen molar-refractivity contribution < 1.29 is 4.74 Å². The van der Waals surface area contributed by atoms with Crippen LogP contribution in [0.4, 0.5) is 0 Å². The molecular formula is C7H14N2O. The molecule has 0 aliphatic carbocycles. The quantitative estimate of drug-likeness (QED) is 0.399. The number of hydrogen-bond acceptors (Lipinski definition) is 2. The number of nitrogens with zero attached hydrogens (tertiary/aromatic N) is 1. The number of nitrogens with one attached hydrogen (secondary N) is 1. The SMILES string of the molecule is CC1=[N+]([O-])C(C)NC1(C)C. The van der Waals surface area contributed by atoms with Crippen LogP contribution >= 0.6 is 0 Å². The van der Waals surface area contributed by atoms with Gasteiger partial charge in [0.15, 0.2) is 5.71 Å². The molecule has 58 valence electrons. The zero-order valence-electron chi connectivity index (χ0n) is 6.93. The Morgan fingerprint density at radius 2 is 2.10 bits per heavy atom. The Hall–Kier alpha value is -0.570. The van der Waals surface area contributed by atoms with Gasteiger partial charge in [0.1, 0.15) is 0 Å².